The Labute approximate surface area is 232 Å². The Kier molecular flexibility index (Phi) is 8.53. The molecule has 0 saturated carbocycles. The van der Waals surface area contributed by atoms with Crippen LogP contribution in [0, 0.1) is 6.92 Å². The van der Waals surface area contributed by atoms with Gasteiger partial charge < -0.3 is 23.4 Å². The number of oxazole rings is 1. The zero-order valence-electron chi connectivity index (χ0n) is 22.3. The van der Waals surface area contributed by atoms with Crippen LogP contribution in [-0.4, -0.2) is 24.7 Å². The van der Waals surface area contributed by atoms with Crippen molar-refractivity contribution in [2.24, 2.45) is 0 Å². The lowest BCUT2D eigenvalue weighted by atomic mass is 10.0. The zero-order chi connectivity index (χ0) is 27.7. The quantitative estimate of drug-likeness (QED) is 0.125. The first-order valence-corrected chi connectivity index (χ1v) is 12.8. The van der Waals surface area contributed by atoms with Gasteiger partial charge in [0.2, 0.25) is 5.89 Å². The molecule has 0 radical (unpaired) electrons. The fourth-order valence-electron chi connectivity index (χ4n) is 4.04. The first-order chi connectivity index (χ1) is 19.6. The van der Waals surface area contributed by atoms with Crippen molar-refractivity contribution in [1.29, 1.82) is 0 Å². The summed E-state index contributed by atoms with van der Waals surface area (Å²) in [4.78, 5) is 18.0. The van der Waals surface area contributed by atoms with E-state index in [1.807, 2.05) is 67.6 Å². The molecule has 4 aromatic carbocycles. The molecule has 0 saturated heterocycles. The summed E-state index contributed by atoms with van der Waals surface area (Å²) in [7, 11) is 1.55. The smallest absolute Gasteiger partial charge is 0.226 e. The average molecular weight is 536 g/mol. The molecule has 1 aromatic heterocycles. The van der Waals surface area contributed by atoms with Crippen molar-refractivity contribution in [2.45, 2.75) is 20.1 Å². The van der Waals surface area contributed by atoms with E-state index in [-0.39, 0.29) is 19.2 Å². The van der Waals surface area contributed by atoms with Crippen LogP contribution in [0.3, 0.4) is 0 Å². The molecule has 202 valence electrons. The summed E-state index contributed by atoms with van der Waals surface area (Å²) in [5.41, 5.74) is 3.55. The summed E-state index contributed by atoms with van der Waals surface area (Å²) >= 11 is 0. The van der Waals surface area contributed by atoms with Gasteiger partial charge in [0, 0.05) is 24.3 Å². The van der Waals surface area contributed by atoms with Crippen molar-refractivity contribution in [3.63, 3.8) is 0 Å². The summed E-state index contributed by atoms with van der Waals surface area (Å²) in [6, 6.07) is 31.6. The highest BCUT2D eigenvalue weighted by molar-refractivity contribution is 6.10. The number of nitrogens with zero attached hydrogens (tertiary/aromatic N) is 1. The third-order valence-electron chi connectivity index (χ3n) is 6.18. The van der Waals surface area contributed by atoms with E-state index in [0.29, 0.717) is 46.6 Å². The average Bonchev–Trinajstić information content (AvgIpc) is 3.39. The second kappa shape index (κ2) is 12.8. The van der Waals surface area contributed by atoms with Crippen molar-refractivity contribution < 1.29 is 28.2 Å². The summed E-state index contributed by atoms with van der Waals surface area (Å²) in [5, 5.41) is 0. The number of aromatic nitrogens is 1. The summed E-state index contributed by atoms with van der Waals surface area (Å²) in [6.45, 7) is 2.52. The van der Waals surface area contributed by atoms with Gasteiger partial charge in [0.05, 0.1) is 5.56 Å². The molecule has 0 fully saturated rings. The maximum atomic E-state index is 13.5. The number of hydrogen-bond acceptors (Lipinski definition) is 7. The minimum Gasteiger partial charge on any atom is -0.488 e. The first kappa shape index (κ1) is 26.7. The van der Waals surface area contributed by atoms with Crippen LogP contribution in [0.25, 0.3) is 11.5 Å². The fourth-order valence-corrected chi connectivity index (χ4v) is 4.04. The SMILES string of the molecule is COCOc1ccc(C(=O)c2ccc(OCc3nc(-c4ccccc4)oc3C)cc2)c(OCc2ccccc2)c1. The largest absolute Gasteiger partial charge is 0.488 e. The molecule has 0 unspecified atom stereocenters. The number of aryl methyl sites for hydroxylation is 1. The van der Waals surface area contributed by atoms with Gasteiger partial charge in [-0.05, 0) is 61.0 Å². The van der Waals surface area contributed by atoms with Crippen LogP contribution in [0.5, 0.6) is 17.2 Å². The van der Waals surface area contributed by atoms with E-state index in [1.165, 1.54) is 0 Å². The van der Waals surface area contributed by atoms with Gasteiger partial charge in [-0.3, -0.25) is 4.79 Å². The maximum Gasteiger partial charge on any atom is 0.226 e. The molecule has 0 aliphatic heterocycles. The molecule has 0 atom stereocenters. The molecule has 40 heavy (non-hydrogen) atoms. The van der Waals surface area contributed by atoms with Crippen LogP contribution in [0.2, 0.25) is 0 Å². The van der Waals surface area contributed by atoms with E-state index in [4.69, 9.17) is 23.4 Å². The number of benzene rings is 4. The van der Waals surface area contributed by atoms with Gasteiger partial charge in [0.15, 0.2) is 12.6 Å². The normalized spacial score (nSPS) is 10.8. The van der Waals surface area contributed by atoms with Crippen LogP contribution in [0.15, 0.2) is 108 Å². The molecular formula is C33H29NO6. The number of hydrogen-bond donors (Lipinski definition) is 0. The van der Waals surface area contributed by atoms with Crippen molar-refractivity contribution in [3.8, 4) is 28.7 Å². The Morgan fingerprint density at radius 2 is 1.48 bits per heavy atom. The molecule has 0 aliphatic rings. The highest BCUT2D eigenvalue weighted by Gasteiger charge is 2.17. The number of ether oxygens (including phenoxy) is 4. The van der Waals surface area contributed by atoms with Crippen LogP contribution in [0.1, 0.15) is 32.9 Å². The van der Waals surface area contributed by atoms with Gasteiger partial charge in [0.1, 0.15) is 41.9 Å². The highest BCUT2D eigenvalue weighted by Crippen LogP contribution is 2.29. The first-order valence-electron chi connectivity index (χ1n) is 12.8. The molecule has 0 bridgehead atoms. The van der Waals surface area contributed by atoms with E-state index in [9.17, 15) is 4.79 Å². The van der Waals surface area contributed by atoms with Crippen molar-refractivity contribution in [2.75, 3.05) is 13.9 Å². The number of rotatable bonds is 12. The van der Waals surface area contributed by atoms with Crippen LogP contribution >= 0.6 is 0 Å². The van der Waals surface area contributed by atoms with E-state index in [2.05, 4.69) is 4.98 Å². The van der Waals surface area contributed by atoms with Crippen molar-refractivity contribution in [3.05, 3.63) is 131 Å². The number of carbonyl (C=O) groups is 1. The van der Waals surface area contributed by atoms with Crippen LogP contribution < -0.4 is 14.2 Å². The standard InChI is InChI=1S/C33H29NO6/c1-23-30(34-33(40-23)26-11-7-4-8-12-26)21-37-27-15-13-25(14-16-27)32(35)29-18-17-28(39-22-36-2)19-31(29)38-20-24-9-5-3-6-10-24/h3-19H,20-22H2,1-2H3. The van der Waals surface area contributed by atoms with E-state index in [0.717, 1.165) is 16.8 Å². The Bertz CT molecular complexity index is 1550. The van der Waals surface area contributed by atoms with Gasteiger partial charge in [-0.15, -0.1) is 0 Å². The molecule has 7 nitrogen and oxygen atoms in total. The number of carbonyl (C=O) groups excluding carboxylic acids is 1. The second-order valence-corrected chi connectivity index (χ2v) is 9.01. The molecule has 5 aromatic rings. The summed E-state index contributed by atoms with van der Waals surface area (Å²) in [5.74, 6) is 2.67. The molecule has 0 N–H and O–H groups in total. The third-order valence-corrected chi connectivity index (χ3v) is 6.18. The monoisotopic (exact) mass is 535 g/mol. The topological polar surface area (TPSA) is 80.0 Å². The van der Waals surface area contributed by atoms with Gasteiger partial charge in [0.25, 0.3) is 0 Å². The summed E-state index contributed by atoms with van der Waals surface area (Å²) < 4.78 is 28.4. The number of methoxy groups -OCH3 is 1. The fraction of sp³-hybridized carbons (Fsp3) is 0.152. The van der Waals surface area contributed by atoms with E-state index < -0.39 is 0 Å². The van der Waals surface area contributed by atoms with Gasteiger partial charge in [-0.1, -0.05) is 48.5 Å². The molecule has 0 spiro atoms. The minimum atomic E-state index is -0.173. The van der Waals surface area contributed by atoms with Crippen molar-refractivity contribution >= 4 is 5.78 Å². The summed E-state index contributed by atoms with van der Waals surface area (Å²) in [6.07, 6.45) is 0. The van der Waals surface area contributed by atoms with Crippen molar-refractivity contribution in [1.82, 2.24) is 4.98 Å². The Balaban J connectivity index is 1.28. The van der Waals surface area contributed by atoms with E-state index in [1.54, 1.807) is 49.6 Å². The highest BCUT2D eigenvalue weighted by atomic mass is 16.7. The Morgan fingerprint density at radius 3 is 2.20 bits per heavy atom. The molecule has 0 aliphatic carbocycles. The predicted octanol–water partition coefficient (Wildman–Crippen LogP) is 7.02. The van der Waals surface area contributed by atoms with Gasteiger partial charge in [-0.2, -0.15) is 0 Å². The zero-order valence-corrected chi connectivity index (χ0v) is 22.3. The maximum absolute atomic E-state index is 13.5. The van der Waals surface area contributed by atoms with Gasteiger partial charge in [-0.25, -0.2) is 4.98 Å². The molecule has 7 heteroatoms. The number of ketones is 1. The minimum absolute atomic E-state index is 0.0916. The lowest BCUT2D eigenvalue weighted by molar-refractivity contribution is 0.0509. The molecule has 0 amide bonds. The predicted molar refractivity (Wildman–Crippen MR) is 151 cm³/mol. The Hall–Kier alpha value is -4.88. The lowest BCUT2D eigenvalue weighted by Gasteiger charge is -2.14. The second-order valence-electron chi connectivity index (χ2n) is 9.01. The molecule has 1 heterocycles. The van der Waals surface area contributed by atoms with E-state index >= 15 is 0 Å². The lowest BCUT2D eigenvalue weighted by Crippen LogP contribution is -2.07. The molecular weight excluding hydrogens is 506 g/mol. The Morgan fingerprint density at radius 1 is 0.775 bits per heavy atom. The third kappa shape index (κ3) is 6.57. The van der Waals surface area contributed by atoms with Crippen LogP contribution in [-0.2, 0) is 18.0 Å². The molecule has 5 rings (SSSR count). The van der Waals surface area contributed by atoms with Crippen LogP contribution in [0.4, 0.5) is 0 Å². The van der Waals surface area contributed by atoms with Gasteiger partial charge >= 0.3 is 0 Å².